The molecule has 1 aromatic carbocycles. The Labute approximate surface area is 205 Å². The molecule has 0 saturated heterocycles. The monoisotopic (exact) mass is 471 g/mol. The van der Waals surface area contributed by atoms with Crippen LogP contribution in [0.4, 0.5) is 4.79 Å². The molecule has 0 aliphatic rings. The Bertz CT molecular complexity index is 881. The van der Waals surface area contributed by atoms with Crippen molar-refractivity contribution in [3.05, 3.63) is 35.4 Å². The maximum absolute atomic E-state index is 13.9. The Morgan fingerprint density at radius 2 is 1.71 bits per heavy atom. The molecule has 188 valence electrons. The second-order valence-electron chi connectivity index (χ2n) is 10.2. The first-order valence-corrected chi connectivity index (χ1v) is 12.0. The Balaban J connectivity index is 3.50. The molecule has 1 aromatic rings. The number of hydrogen-bond donors (Lipinski definition) is 2. The zero-order chi connectivity index (χ0) is 26.1. The van der Waals surface area contributed by atoms with Crippen molar-refractivity contribution in [3.63, 3.8) is 0 Å². The molecule has 0 fully saturated rings. The number of alkyl carbamates (subject to hydrolysis) is 1. The summed E-state index contributed by atoms with van der Waals surface area (Å²) < 4.78 is 5.39. The smallest absolute Gasteiger partial charge is 0.408 e. The van der Waals surface area contributed by atoms with Crippen molar-refractivity contribution in [2.45, 2.75) is 92.0 Å². The minimum atomic E-state index is -0.933. The van der Waals surface area contributed by atoms with Gasteiger partial charge < -0.3 is 20.3 Å². The van der Waals surface area contributed by atoms with Crippen LogP contribution in [0.25, 0.3) is 0 Å². The highest BCUT2D eigenvalue weighted by atomic mass is 16.6. The van der Waals surface area contributed by atoms with Gasteiger partial charge in [-0.2, -0.15) is 0 Å². The van der Waals surface area contributed by atoms with Crippen LogP contribution in [-0.2, 0) is 14.3 Å². The molecule has 34 heavy (non-hydrogen) atoms. The third-order valence-corrected chi connectivity index (χ3v) is 4.85. The van der Waals surface area contributed by atoms with E-state index >= 15 is 0 Å². The molecule has 0 saturated carbocycles. The van der Waals surface area contributed by atoms with Gasteiger partial charge in [-0.3, -0.25) is 9.59 Å². The number of benzene rings is 1. The predicted molar refractivity (Wildman–Crippen MR) is 135 cm³/mol. The number of terminal acetylenes is 1. The third kappa shape index (κ3) is 9.09. The summed E-state index contributed by atoms with van der Waals surface area (Å²) in [6, 6.07) is 5.21. The van der Waals surface area contributed by atoms with E-state index in [1.807, 2.05) is 34.6 Å². The van der Waals surface area contributed by atoms with E-state index in [4.69, 9.17) is 11.2 Å². The van der Waals surface area contributed by atoms with Crippen LogP contribution in [-0.4, -0.2) is 47.0 Å². The van der Waals surface area contributed by atoms with E-state index in [9.17, 15) is 14.4 Å². The van der Waals surface area contributed by atoms with Crippen molar-refractivity contribution < 1.29 is 19.1 Å². The van der Waals surface area contributed by atoms with Crippen molar-refractivity contribution >= 4 is 17.9 Å². The second kappa shape index (κ2) is 13.0. The van der Waals surface area contributed by atoms with E-state index in [0.717, 1.165) is 0 Å². The Kier molecular flexibility index (Phi) is 11.1. The van der Waals surface area contributed by atoms with Crippen molar-refractivity contribution in [2.75, 3.05) is 6.54 Å². The minimum absolute atomic E-state index is 0.119. The Morgan fingerprint density at radius 1 is 1.09 bits per heavy atom. The molecule has 2 unspecified atom stereocenters. The summed E-state index contributed by atoms with van der Waals surface area (Å²) in [7, 11) is 0. The average Bonchev–Trinajstić information content (AvgIpc) is 2.70. The molecule has 0 aliphatic carbocycles. The number of hydrogen-bond acceptors (Lipinski definition) is 4. The molecule has 0 heterocycles. The lowest BCUT2D eigenvalue weighted by Crippen LogP contribution is -2.54. The predicted octanol–water partition coefficient (Wildman–Crippen LogP) is 4.41. The Morgan fingerprint density at radius 3 is 2.21 bits per heavy atom. The molecular formula is C27H41N3O4. The van der Waals surface area contributed by atoms with E-state index in [1.165, 1.54) is 4.90 Å². The van der Waals surface area contributed by atoms with E-state index in [0.29, 0.717) is 30.5 Å². The quantitative estimate of drug-likeness (QED) is 0.495. The number of carbonyl (C=O) groups is 3. The summed E-state index contributed by atoms with van der Waals surface area (Å²) in [6.07, 6.45) is 6.08. The maximum Gasteiger partial charge on any atom is 0.408 e. The maximum atomic E-state index is 13.9. The van der Waals surface area contributed by atoms with E-state index < -0.39 is 23.8 Å². The van der Waals surface area contributed by atoms with Gasteiger partial charge in [-0.15, -0.1) is 6.42 Å². The van der Waals surface area contributed by atoms with Crippen molar-refractivity contribution in [3.8, 4) is 12.3 Å². The largest absolute Gasteiger partial charge is 0.444 e. The van der Waals surface area contributed by atoms with Crippen molar-refractivity contribution in [1.29, 1.82) is 0 Å². The van der Waals surface area contributed by atoms with Crippen LogP contribution in [0.1, 0.15) is 85.4 Å². The lowest BCUT2D eigenvalue weighted by molar-refractivity contribution is -0.143. The van der Waals surface area contributed by atoms with E-state index in [2.05, 4.69) is 16.6 Å². The summed E-state index contributed by atoms with van der Waals surface area (Å²) in [5, 5.41) is 5.66. The van der Waals surface area contributed by atoms with Crippen LogP contribution < -0.4 is 10.6 Å². The van der Waals surface area contributed by atoms with E-state index in [1.54, 1.807) is 45.0 Å². The van der Waals surface area contributed by atoms with Gasteiger partial charge in [-0.1, -0.05) is 44.9 Å². The minimum Gasteiger partial charge on any atom is -0.444 e. The van der Waals surface area contributed by atoms with Crippen LogP contribution in [0.3, 0.4) is 0 Å². The highest BCUT2D eigenvalue weighted by molar-refractivity contribution is 5.92. The number of nitrogens with zero attached hydrogens (tertiary/aromatic N) is 1. The van der Waals surface area contributed by atoms with Gasteiger partial charge in [-0.25, -0.2) is 4.79 Å². The number of amides is 3. The first-order chi connectivity index (χ1) is 15.8. The van der Waals surface area contributed by atoms with Crippen LogP contribution in [0.5, 0.6) is 0 Å². The lowest BCUT2D eigenvalue weighted by atomic mass is 9.96. The molecule has 2 N–H and O–H groups in total. The normalized spacial score (nSPS) is 13.1. The van der Waals surface area contributed by atoms with Crippen LogP contribution in [0.2, 0.25) is 0 Å². The number of ether oxygens (including phenoxy) is 1. The van der Waals surface area contributed by atoms with Gasteiger partial charge in [0, 0.05) is 18.2 Å². The van der Waals surface area contributed by atoms with Crippen LogP contribution in [0, 0.1) is 18.3 Å². The van der Waals surface area contributed by atoms with Gasteiger partial charge >= 0.3 is 6.09 Å². The van der Waals surface area contributed by atoms with E-state index in [-0.39, 0.29) is 23.8 Å². The molecule has 0 spiro atoms. The van der Waals surface area contributed by atoms with Gasteiger partial charge in [0.05, 0.1) is 0 Å². The highest BCUT2D eigenvalue weighted by Gasteiger charge is 2.37. The summed E-state index contributed by atoms with van der Waals surface area (Å²) >= 11 is 0. The fourth-order valence-corrected chi connectivity index (χ4v) is 3.63. The fourth-order valence-electron chi connectivity index (χ4n) is 3.63. The average molecular weight is 472 g/mol. The topological polar surface area (TPSA) is 87.7 Å². The molecule has 7 nitrogen and oxygen atoms in total. The molecule has 0 bridgehead atoms. The summed E-state index contributed by atoms with van der Waals surface area (Å²) in [4.78, 5) is 41.4. The molecule has 3 amide bonds. The third-order valence-electron chi connectivity index (χ3n) is 4.85. The van der Waals surface area contributed by atoms with Gasteiger partial charge in [0.1, 0.15) is 17.7 Å². The van der Waals surface area contributed by atoms with Crippen molar-refractivity contribution in [1.82, 2.24) is 15.5 Å². The summed E-state index contributed by atoms with van der Waals surface area (Å²) in [5.41, 5.74) is 0.413. The summed E-state index contributed by atoms with van der Waals surface area (Å²) in [5.74, 6) is 2.08. The fraction of sp³-hybridized carbons (Fsp3) is 0.593. The molecular weight excluding hydrogens is 430 g/mol. The Hall–Kier alpha value is -3.01. The molecule has 0 aromatic heterocycles. The SMILES string of the molecule is C#Cc1ccccc1C(C(=O)NC(C)C)N(CCC)C(=O)C(CC(C)C)NC(=O)OC(C)(C)C. The number of carbonyl (C=O) groups excluding carboxylic acids is 3. The number of nitrogens with one attached hydrogen (secondary N) is 2. The van der Waals surface area contributed by atoms with Gasteiger partial charge in [0.25, 0.3) is 0 Å². The molecule has 1 rings (SSSR count). The molecule has 0 radical (unpaired) electrons. The standard InChI is InChI=1S/C27H41N3O4/c1-10-16-30(25(32)22(17-18(3)4)29-26(33)34-27(7,8)9)23(24(31)28-19(5)6)21-15-13-12-14-20(21)11-2/h2,12-15,18-19,22-23H,10,16-17H2,1,3-9H3,(H,28,31)(H,29,33). The first kappa shape index (κ1) is 29.0. The molecule has 0 aliphatic heterocycles. The van der Waals surface area contributed by atoms with Crippen molar-refractivity contribution in [2.24, 2.45) is 5.92 Å². The van der Waals surface area contributed by atoms with Crippen LogP contribution in [0.15, 0.2) is 24.3 Å². The lowest BCUT2D eigenvalue weighted by Gasteiger charge is -2.35. The van der Waals surface area contributed by atoms with Gasteiger partial charge in [0.15, 0.2) is 0 Å². The second-order valence-corrected chi connectivity index (χ2v) is 10.2. The van der Waals surface area contributed by atoms with Gasteiger partial charge in [0.2, 0.25) is 11.8 Å². The van der Waals surface area contributed by atoms with Gasteiger partial charge in [-0.05, 0) is 65.0 Å². The molecule has 7 heteroatoms. The van der Waals surface area contributed by atoms with Crippen LogP contribution >= 0.6 is 0 Å². The first-order valence-electron chi connectivity index (χ1n) is 12.0. The zero-order valence-corrected chi connectivity index (χ0v) is 21.9. The summed E-state index contributed by atoms with van der Waals surface area (Å²) in [6.45, 7) is 15.2. The molecule has 2 atom stereocenters. The highest BCUT2D eigenvalue weighted by Crippen LogP contribution is 2.27. The zero-order valence-electron chi connectivity index (χ0n) is 21.9. The number of rotatable bonds is 10.